The van der Waals surface area contributed by atoms with Gasteiger partial charge in [-0.3, -0.25) is 0 Å². The number of halogens is 6. The van der Waals surface area contributed by atoms with E-state index in [0.29, 0.717) is 25.1 Å². The molecule has 0 bridgehead atoms. The van der Waals surface area contributed by atoms with E-state index in [0.717, 1.165) is 17.7 Å². The normalized spacial score (nSPS) is 12.8. The smallest absolute Gasteiger partial charge is 0.430 e. The largest absolute Gasteiger partial charge is 0.445 e. The maximum atomic E-state index is 13.2. The van der Waals surface area contributed by atoms with E-state index in [-0.39, 0.29) is 18.8 Å². The SMILES string of the molecule is CC#CC(CNC(=O)OCc1ccccc1)N(CCC)c1ccc(C(O)(C(F)(F)F)C(F)(F)F)cc1. The summed E-state index contributed by atoms with van der Waals surface area (Å²) in [6, 6.07) is 11.6. The second-order valence-electron chi connectivity index (χ2n) is 7.80. The van der Waals surface area contributed by atoms with Crippen LogP contribution < -0.4 is 10.2 Å². The quantitative estimate of drug-likeness (QED) is 0.340. The summed E-state index contributed by atoms with van der Waals surface area (Å²) in [4.78, 5) is 13.8. The van der Waals surface area contributed by atoms with Gasteiger partial charge in [-0.1, -0.05) is 55.3 Å². The van der Waals surface area contributed by atoms with E-state index in [1.165, 1.54) is 0 Å². The van der Waals surface area contributed by atoms with Crippen LogP contribution in [-0.4, -0.2) is 42.7 Å². The Labute approximate surface area is 205 Å². The topological polar surface area (TPSA) is 61.8 Å². The first-order valence-corrected chi connectivity index (χ1v) is 10.9. The number of ether oxygens (including phenoxy) is 1. The highest BCUT2D eigenvalue weighted by molar-refractivity contribution is 5.67. The molecule has 1 amide bonds. The minimum Gasteiger partial charge on any atom is -0.445 e. The zero-order valence-electron chi connectivity index (χ0n) is 19.6. The van der Waals surface area contributed by atoms with E-state index in [9.17, 15) is 36.2 Å². The molecule has 0 radical (unpaired) electrons. The van der Waals surface area contributed by atoms with E-state index < -0.39 is 35.7 Å². The van der Waals surface area contributed by atoms with E-state index in [1.54, 1.807) is 36.1 Å². The first-order valence-electron chi connectivity index (χ1n) is 10.9. The molecule has 2 aromatic carbocycles. The molecular weight excluding hydrogens is 490 g/mol. The summed E-state index contributed by atoms with van der Waals surface area (Å²) in [5.41, 5.74) is -5.33. The van der Waals surface area contributed by atoms with Gasteiger partial charge in [-0.15, -0.1) is 5.92 Å². The molecule has 196 valence electrons. The monoisotopic (exact) mass is 516 g/mol. The molecule has 1 unspecified atom stereocenters. The molecule has 2 rings (SSSR count). The minimum absolute atomic E-state index is 0.0226. The van der Waals surface area contributed by atoms with Gasteiger partial charge < -0.3 is 20.1 Å². The number of benzene rings is 2. The standard InChI is InChI=1S/C25H26F6N2O3/c1-3-8-21(16-32-22(34)36-17-18-9-6-5-7-10-18)33(15-4-2)20-13-11-19(12-14-20)23(35,24(26,27)28)25(29,30)31/h5-7,9-14,21,35H,4,15-17H2,1-2H3,(H,32,34). The maximum Gasteiger partial charge on any atom is 0.430 e. The number of alkyl carbamates (subject to hydrolysis) is 1. The lowest BCUT2D eigenvalue weighted by Crippen LogP contribution is -2.53. The lowest BCUT2D eigenvalue weighted by atomic mass is 9.92. The number of hydrogen-bond donors (Lipinski definition) is 2. The maximum absolute atomic E-state index is 13.2. The van der Waals surface area contributed by atoms with Crippen LogP contribution in [0.15, 0.2) is 54.6 Å². The number of aliphatic hydroxyl groups is 1. The van der Waals surface area contributed by atoms with Crippen LogP contribution in [0.4, 0.5) is 36.8 Å². The Bertz CT molecular complexity index is 1030. The third kappa shape index (κ3) is 6.85. The fourth-order valence-electron chi connectivity index (χ4n) is 3.45. The Morgan fingerprint density at radius 3 is 2.11 bits per heavy atom. The van der Waals surface area contributed by atoms with Gasteiger partial charge in [0.15, 0.2) is 0 Å². The van der Waals surface area contributed by atoms with Gasteiger partial charge in [0.25, 0.3) is 5.60 Å². The van der Waals surface area contributed by atoms with Crippen molar-refractivity contribution >= 4 is 11.8 Å². The molecule has 0 aliphatic heterocycles. The molecule has 1 atom stereocenters. The highest BCUT2D eigenvalue weighted by atomic mass is 19.4. The predicted molar refractivity (Wildman–Crippen MR) is 122 cm³/mol. The van der Waals surface area contributed by atoms with Gasteiger partial charge in [0.2, 0.25) is 0 Å². The number of rotatable bonds is 9. The number of nitrogens with zero attached hydrogens (tertiary/aromatic N) is 1. The second-order valence-corrected chi connectivity index (χ2v) is 7.80. The van der Waals surface area contributed by atoms with E-state index in [4.69, 9.17) is 4.74 Å². The fourth-order valence-corrected chi connectivity index (χ4v) is 3.45. The van der Waals surface area contributed by atoms with Crippen molar-refractivity contribution < 1.29 is 41.0 Å². The molecule has 5 nitrogen and oxygen atoms in total. The zero-order chi connectivity index (χ0) is 27.0. The molecule has 0 saturated carbocycles. The van der Waals surface area contributed by atoms with E-state index >= 15 is 0 Å². The van der Waals surface area contributed by atoms with Gasteiger partial charge in [-0.25, -0.2) is 4.79 Å². The van der Waals surface area contributed by atoms with Crippen LogP contribution in [-0.2, 0) is 16.9 Å². The predicted octanol–water partition coefficient (Wildman–Crippen LogP) is 5.53. The van der Waals surface area contributed by atoms with Crippen molar-refractivity contribution in [3.05, 3.63) is 65.7 Å². The van der Waals surface area contributed by atoms with Gasteiger partial charge in [0.05, 0.1) is 6.54 Å². The van der Waals surface area contributed by atoms with E-state index in [1.807, 2.05) is 13.0 Å². The van der Waals surface area contributed by atoms with Gasteiger partial charge in [-0.2, -0.15) is 26.3 Å². The van der Waals surface area contributed by atoms with Crippen molar-refractivity contribution in [2.75, 3.05) is 18.0 Å². The van der Waals surface area contributed by atoms with Crippen molar-refractivity contribution in [1.29, 1.82) is 0 Å². The number of amides is 1. The van der Waals surface area contributed by atoms with Gasteiger partial charge in [0, 0.05) is 17.8 Å². The van der Waals surface area contributed by atoms with Crippen LogP contribution in [0.3, 0.4) is 0 Å². The van der Waals surface area contributed by atoms with Crippen molar-refractivity contribution in [3.8, 4) is 11.8 Å². The molecule has 2 N–H and O–H groups in total. The number of alkyl halides is 6. The van der Waals surface area contributed by atoms with Gasteiger partial charge in [-0.05, 0) is 31.0 Å². The van der Waals surface area contributed by atoms with Crippen LogP contribution >= 0.6 is 0 Å². The van der Waals surface area contributed by atoms with Gasteiger partial charge in [0.1, 0.15) is 12.6 Å². The summed E-state index contributed by atoms with van der Waals surface area (Å²) in [6.07, 6.45) is -12.1. The summed E-state index contributed by atoms with van der Waals surface area (Å²) in [5.74, 6) is 5.60. The number of hydrogen-bond acceptors (Lipinski definition) is 4. The van der Waals surface area contributed by atoms with Crippen LogP contribution in [0.25, 0.3) is 0 Å². The molecule has 11 heteroatoms. The molecule has 0 spiro atoms. The zero-order valence-corrected chi connectivity index (χ0v) is 19.6. The van der Waals surface area contributed by atoms with Crippen LogP contribution in [0.1, 0.15) is 31.4 Å². The Morgan fingerprint density at radius 1 is 1.03 bits per heavy atom. The van der Waals surface area contributed by atoms with Crippen molar-refractivity contribution in [1.82, 2.24) is 5.32 Å². The Kier molecular flexibility index (Phi) is 9.64. The minimum atomic E-state index is -5.98. The summed E-state index contributed by atoms with van der Waals surface area (Å²) in [7, 11) is 0. The third-order valence-corrected chi connectivity index (χ3v) is 5.24. The Balaban J connectivity index is 2.21. The second kappa shape index (κ2) is 12.0. The van der Waals surface area contributed by atoms with Crippen LogP contribution in [0.5, 0.6) is 0 Å². The number of nitrogens with one attached hydrogen (secondary N) is 1. The molecule has 2 aromatic rings. The highest BCUT2D eigenvalue weighted by Crippen LogP contribution is 2.50. The molecule has 0 aromatic heterocycles. The van der Waals surface area contributed by atoms with Crippen molar-refractivity contribution in [2.45, 2.75) is 50.9 Å². The van der Waals surface area contributed by atoms with E-state index in [2.05, 4.69) is 17.2 Å². The van der Waals surface area contributed by atoms with Crippen LogP contribution in [0.2, 0.25) is 0 Å². The molecular formula is C25H26F6N2O3. The highest BCUT2D eigenvalue weighted by Gasteiger charge is 2.71. The van der Waals surface area contributed by atoms with Crippen molar-refractivity contribution in [3.63, 3.8) is 0 Å². The fraction of sp³-hybridized carbons (Fsp3) is 0.400. The molecule has 0 aliphatic carbocycles. The molecule has 0 heterocycles. The molecule has 0 saturated heterocycles. The summed E-state index contributed by atoms with van der Waals surface area (Å²) < 4.78 is 84.3. The number of carbonyl (C=O) groups is 1. The molecule has 0 fully saturated rings. The first-order chi connectivity index (χ1) is 16.8. The molecule has 36 heavy (non-hydrogen) atoms. The van der Waals surface area contributed by atoms with Gasteiger partial charge >= 0.3 is 18.4 Å². The average molecular weight is 516 g/mol. The van der Waals surface area contributed by atoms with Crippen LogP contribution in [0, 0.1) is 11.8 Å². The number of carbonyl (C=O) groups excluding carboxylic acids is 1. The van der Waals surface area contributed by atoms with Crippen molar-refractivity contribution in [2.24, 2.45) is 0 Å². The lowest BCUT2D eigenvalue weighted by Gasteiger charge is -2.34. The summed E-state index contributed by atoms with van der Waals surface area (Å²) in [5, 5.41) is 12.2. The lowest BCUT2D eigenvalue weighted by molar-refractivity contribution is -0.376. The first kappa shape index (κ1) is 28.8. The number of anilines is 1. The summed E-state index contributed by atoms with van der Waals surface area (Å²) in [6.45, 7) is 3.73. The Morgan fingerprint density at radius 2 is 1.61 bits per heavy atom. The summed E-state index contributed by atoms with van der Waals surface area (Å²) >= 11 is 0. The third-order valence-electron chi connectivity index (χ3n) is 5.24. The average Bonchev–Trinajstić information content (AvgIpc) is 2.83. The Hall–Kier alpha value is -3.39. The molecule has 0 aliphatic rings.